The predicted molar refractivity (Wildman–Crippen MR) is 142 cm³/mol. The van der Waals surface area contributed by atoms with Crippen molar-refractivity contribution in [3.8, 4) is 28.7 Å². The lowest BCUT2D eigenvalue weighted by Crippen LogP contribution is -2.34. The molecule has 3 rings (SSSR count). The number of rotatable bonds is 11. The molecule has 3 aromatic rings. The summed E-state index contributed by atoms with van der Waals surface area (Å²) in [5.74, 6) is 3.28. The lowest BCUT2D eigenvalue weighted by molar-refractivity contribution is 0.316. The second kappa shape index (κ2) is 12.7. The van der Waals surface area contributed by atoms with Gasteiger partial charge in [0.1, 0.15) is 11.5 Å². The minimum Gasteiger partial charge on any atom is -0.497 e. The van der Waals surface area contributed by atoms with Crippen molar-refractivity contribution < 1.29 is 23.7 Å². The topological polar surface area (TPSA) is 61.4 Å². The van der Waals surface area contributed by atoms with Gasteiger partial charge in [-0.05, 0) is 61.1 Å². The maximum Gasteiger partial charge on any atom is 0.203 e. The van der Waals surface area contributed by atoms with Crippen LogP contribution in [0, 0.1) is 0 Å². The van der Waals surface area contributed by atoms with Crippen LogP contribution in [0.15, 0.2) is 60.7 Å². The third-order valence-electron chi connectivity index (χ3n) is 5.40. The number of nitrogens with one attached hydrogen (secondary N) is 1. The molecule has 0 aliphatic rings. The van der Waals surface area contributed by atoms with E-state index < -0.39 is 0 Å². The number of thiocarbonyl (C=S) groups is 1. The molecule has 0 saturated heterocycles. The molecule has 35 heavy (non-hydrogen) atoms. The summed E-state index contributed by atoms with van der Waals surface area (Å²) >= 11 is 5.88. The molecule has 0 heterocycles. The van der Waals surface area contributed by atoms with Crippen LogP contribution in [-0.4, -0.2) is 45.1 Å². The Bertz CT molecular complexity index is 1120. The zero-order valence-corrected chi connectivity index (χ0v) is 21.6. The van der Waals surface area contributed by atoms with E-state index in [1.807, 2.05) is 67.6 Å². The van der Waals surface area contributed by atoms with E-state index in [9.17, 15) is 0 Å². The molecule has 0 fully saturated rings. The van der Waals surface area contributed by atoms with Crippen molar-refractivity contribution in [1.29, 1.82) is 0 Å². The summed E-state index contributed by atoms with van der Waals surface area (Å²) in [4.78, 5) is 2.06. The molecule has 0 aliphatic carbocycles. The first-order chi connectivity index (χ1) is 17.0. The summed E-state index contributed by atoms with van der Waals surface area (Å²) in [6, 6.07) is 19.5. The second-order valence-electron chi connectivity index (χ2n) is 7.56. The predicted octanol–water partition coefficient (Wildman–Crippen LogP) is 5.52. The van der Waals surface area contributed by atoms with Gasteiger partial charge in [-0.25, -0.2) is 0 Å². The van der Waals surface area contributed by atoms with Gasteiger partial charge in [0.05, 0.1) is 40.7 Å². The van der Waals surface area contributed by atoms with Crippen LogP contribution in [0.3, 0.4) is 0 Å². The van der Waals surface area contributed by atoms with Gasteiger partial charge in [0.15, 0.2) is 16.6 Å². The number of ether oxygens (including phenoxy) is 5. The molecule has 0 atom stereocenters. The first kappa shape index (κ1) is 26.0. The summed E-state index contributed by atoms with van der Waals surface area (Å²) < 4.78 is 27.8. The van der Waals surface area contributed by atoms with Crippen LogP contribution in [0.1, 0.15) is 18.1 Å². The third kappa shape index (κ3) is 6.48. The Hall–Kier alpha value is -3.65. The highest BCUT2D eigenvalue weighted by Crippen LogP contribution is 2.40. The number of para-hydroxylation sites is 2. The fourth-order valence-electron chi connectivity index (χ4n) is 3.69. The quantitative estimate of drug-likeness (QED) is 0.348. The third-order valence-corrected chi connectivity index (χ3v) is 5.76. The molecular formula is C27H32N2O5S. The fourth-order valence-corrected chi connectivity index (χ4v) is 3.93. The molecule has 0 unspecified atom stereocenters. The molecule has 3 aromatic carbocycles. The lowest BCUT2D eigenvalue weighted by Gasteiger charge is -2.28. The molecular weight excluding hydrogens is 464 g/mol. The van der Waals surface area contributed by atoms with E-state index in [4.69, 9.17) is 35.9 Å². The summed E-state index contributed by atoms with van der Waals surface area (Å²) in [5, 5.41) is 3.90. The lowest BCUT2D eigenvalue weighted by atomic mass is 10.1. The fraction of sp³-hybridized carbons (Fsp3) is 0.296. The van der Waals surface area contributed by atoms with Crippen LogP contribution in [0.4, 0.5) is 5.69 Å². The SMILES string of the molecule is CCOc1ccccc1NC(=S)N(Cc1ccc(OC)cc1)Cc1ccc(OC)c(OC)c1OC. The molecule has 8 heteroatoms. The number of anilines is 1. The number of nitrogens with zero attached hydrogens (tertiary/aromatic N) is 1. The van der Waals surface area contributed by atoms with Gasteiger partial charge in [-0.15, -0.1) is 0 Å². The van der Waals surface area contributed by atoms with Crippen LogP contribution in [0.5, 0.6) is 28.7 Å². The van der Waals surface area contributed by atoms with Gasteiger partial charge in [-0.3, -0.25) is 0 Å². The van der Waals surface area contributed by atoms with Gasteiger partial charge in [0, 0.05) is 18.7 Å². The van der Waals surface area contributed by atoms with Gasteiger partial charge in [-0.2, -0.15) is 0 Å². The van der Waals surface area contributed by atoms with E-state index in [1.165, 1.54) is 0 Å². The zero-order valence-electron chi connectivity index (χ0n) is 20.8. The number of hydrogen-bond acceptors (Lipinski definition) is 6. The van der Waals surface area contributed by atoms with Crippen molar-refractivity contribution in [3.63, 3.8) is 0 Å². The van der Waals surface area contributed by atoms with E-state index in [1.54, 1.807) is 28.4 Å². The van der Waals surface area contributed by atoms with E-state index in [2.05, 4.69) is 10.2 Å². The highest BCUT2D eigenvalue weighted by molar-refractivity contribution is 7.80. The number of benzene rings is 3. The van der Waals surface area contributed by atoms with Crippen molar-refractivity contribution in [2.75, 3.05) is 40.4 Å². The molecule has 0 bridgehead atoms. The van der Waals surface area contributed by atoms with Crippen molar-refractivity contribution in [3.05, 3.63) is 71.8 Å². The van der Waals surface area contributed by atoms with Crippen LogP contribution >= 0.6 is 12.2 Å². The Morgan fingerprint density at radius 1 is 0.771 bits per heavy atom. The van der Waals surface area contributed by atoms with E-state index >= 15 is 0 Å². The van der Waals surface area contributed by atoms with Crippen molar-refractivity contribution in [2.24, 2.45) is 0 Å². The van der Waals surface area contributed by atoms with Gasteiger partial charge in [0.25, 0.3) is 0 Å². The summed E-state index contributed by atoms with van der Waals surface area (Å²) in [7, 11) is 6.46. The zero-order chi connectivity index (χ0) is 25.2. The summed E-state index contributed by atoms with van der Waals surface area (Å²) in [6.07, 6.45) is 0. The Morgan fingerprint density at radius 3 is 2.11 bits per heavy atom. The highest BCUT2D eigenvalue weighted by Gasteiger charge is 2.20. The van der Waals surface area contributed by atoms with Gasteiger partial charge in [0.2, 0.25) is 5.75 Å². The number of methoxy groups -OCH3 is 4. The molecule has 0 saturated carbocycles. The maximum atomic E-state index is 5.88. The molecule has 0 radical (unpaired) electrons. The summed E-state index contributed by atoms with van der Waals surface area (Å²) in [6.45, 7) is 3.54. The molecule has 186 valence electrons. The number of hydrogen-bond donors (Lipinski definition) is 1. The second-order valence-corrected chi connectivity index (χ2v) is 7.94. The summed E-state index contributed by atoms with van der Waals surface area (Å²) in [5.41, 5.74) is 2.78. The minimum atomic E-state index is 0.470. The average Bonchev–Trinajstić information content (AvgIpc) is 2.89. The average molecular weight is 497 g/mol. The Labute approximate surface area is 212 Å². The highest BCUT2D eigenvalue weighted by atomic mass is 32.1. The molecule has 0 spiro atoms. The minimum absolute atomic E-state index is 0.470. The van der Waals surface area contributed by atoms with E-state index in [-0.39, 0.29) is 0 Å². The van der Waals surface area contributed by atoms with Gasteiger partial charge in [-0.1, -0.05) is 24.3 Å². The van der Waals surface area contributed by atoms with Crippen LogP contribution in [-0.2, 0) is 13.1 Å². The molecule has 7 nitrogen and oxygen atoms in total. The Balaban J connectivity index is 1.94. The maximum absolute atomic E-state index is 5.88. The van der Waals surface area contributed by atoms with Gasteiger partial charge >= 0.3 is 0 Å². The van der Waals surface area contributed by atoms with Gasteiger partial charge < -0.3 is 33.9 Å². The van der Waals surface area contributed by atoms with Crippen LogP contribution < -0.4 is 29.0 Å². The molecule has 0 amide bonds. The Morgan fingerprint density at radius 2 is 1.49 bits per heavy atom. The smallest absolute Gasteiger partial charge is 0.203 e. The largest absolute Gasteiger partial charge is 0.497 e. The van der Waals surface area contributed by atoms with Crippen LogP contribution in [0.2, 0.25) is 0 Å². The standard InChI is InChI=1S/C27H32N2O5S/c1-6-34-23-10-8-7-9-22(23)28-27(35)29(17-19-11-14-21(30-2)15-12-19)18-20-13-16-24(31-3)26(33-5)25(20)32-4/h7-16H,6,17-18H2,1-5H3,(H,28,35). The molecule has 0 aliphatic heterocycles. The molecule has 0 aromatic heterocycles. The normalized spacial score (nSPS) is 10.3. The molecule has 1 N–H and O–H groups in total. The Kier molecular flexibility index (Phi) is 9.43. The monoisotopic (exact) mass is 496 g/mol. The van der Waals surface area contributed by atoms with E-state index in [0.717, 1.165) is 28.3 Å². The van der Waals surface area contributed by atoms with E-state index in [0.29, 0.717) is 42.1 Å². The first-order valence-electron chi connectivity index (χ1n) is 11.2. The van der Waals surface area contributed by atoms with Crippen molar-refractivity contribution >= 4 is 23.0 Å². The van der Waals surface area contributed by atoms with Crippen molar-refractivity contribution in [1.82, 2.24) is 4.90 Å². The van der Waals surface area contributed by atoms with Crippen molar-refractivity contribution in [2.45, 2.75) is 20.0 Å². The van der Waals surface area contributed by atoms with Crippen LogP contribution in [0.25, 0.3) is 0 Å². The first-order valence-corrected chi connectivity index (χ1v) is 11.6.